The zero-order valence-electron chi connectivity index (χ0n) is 9.71. The molecule has 0 aliphatic rings. The fraction of sp³-hybridized carbons (Fsp3) is 0.250. The summed E-state index contributed by atoms with van der Waals surface area (Å²) in [5, 5.41) is 4.26. The second-order valence-electron chi connectivity index (χ2n) is 3.94. The summed E-state index contributed by atoms with van der Waals surface area (Å²) in [5.41, 5.74) is 1.05. The number of hydrogen-bond donors (Lipinski definition) is 0. The maximum Gasteiger partial charge on any atom is 0.151 e. The highest BCUT2D eigenvalue weighted by Gasteiger charge is 1.99. The molecule has 2 aromatic heterocycles. The van der Waals surface area contributed by atoms with Gasteiger partial charge in [0.1, 0.15) is 0 Å². The van der Waals surface area contributed by atoms with Crippen LogP contribution in [0.1, 0.15) is 31.3 Å². The van der Waals surface area contributed by atoms with Crippen molar-refractivity contribution in [3.63, 3.8) is 0 Å². The summed E-state index contributed by atoms with van der Waals surface area (Å²) in [7, 11) is 0. The molecule has 0 unspecified atom stereocenters. The van der Waals surface area contributed by atoms with E-state index in [4.69, 9.17) is 0 Å². The predicted molar refractivity (Wildman–Crippen MR) is 71.3 cm³/mol. The van der Waals surface area contributed by atoms with Gasteiger partial charge in [0.15, 0.2) is 5.82 Å². The number of halogens is 1. The highest BCUT2D eigenvalue weighted by atomic mass is 79.9. The molecule has 0 aliphatic carbocycles. The number of aromatic nitrogens is 4. The van der Waals surface area contributed by atoms with Gasteiger partial charge in [-0.3, -0.25) is 4.68 Å². The zero-order valence-corrected chi connectivity index (χ0v) is 11.3. The standard InChI is InChI=1S/C12H13BrN4/c1-9(2)17-8-10(5-16-17)3-4-12-14-6-11(13)7-15-12/h3-9H,1-2H3/b4-3+. The molecular weight excluding hydrogens is 280 g/mol. The van der Waals surface area contributed by atoms with Gasteiger partial charge in [0.25, 0.3) is 0 Å². The fourth-order valence-electron chi connectivity index (χ4n) is 1.30. The molecule has 0 fully saturated rings. The molecule has 17 heavy (non-hydrogen) atoms. The first kappa shape index (κ1) is 12.0. The number of hydrogen-bond acceptors (Lipinski definition) is 3. The minimum Gasteiger partial charge on any atom is -0.270 e. The Morgan fingerprint density at radius 3 is 2.47 bits per heavy atom. The maximum absolute atomic E-state index is 4.26. The molecule has 0 amide bonds. The van der Waals surface area contributed by atoms with Crippen LogP contribution in [0.25, 0.3) is 12.2 Å². The fourth-order valence-corrected chi connectivity index (χ4v) is 1.51. The van der Waals surface area contributed by atoms with Crippen LogP contribution in [0.4, 0.5) is 0 Å². The normalized spacial score (nSPS) is 11.5. The first-order chi connectivity index (χ1) is 8.15. The second kappa shape index (κ2) is 5.23. The van der Waals surface area contributed by atoms with Crippen LogP contribution in [-0.2, 0) is 0 Å². The number of nitrogens with zero attached hydrogens (tertiary/aromatic N) is 4. The molecule has 4 nitrogen and oxygen atoms in total. The van der Waals surface area contributed by atoms with Crippen molar-refractivity contribution in [2.75, 3.05) is 0 Å². The molecule has 0 saturated heterocycles. The third kappa shape index (κ3) is 3.23. The lowest BCUT2D eigenvalue weighted by molar-refractivity contribution is 0.532. The van der Waals surface area contributed by atoms with Crippen molar-refractivity contribution in [1.82, 2.24) is 19.7 Å². The molecule has 2 rings (SSSR count). The maximum atomic E-state index is 4.26. The lowest BCUT2D eigenvalue weighted by Gasteiger charge is -2.02. The SMILES string of the molecule is CC(C)n1cc(/C=C/c2ncc(Br)cn2)cn1. The van der Waals surface area contributed by atoms with Crippen LogP contribution < -0.4 is 0 Å². The van der Waals surface area contributed by atoms with Gasteiger partial charge >= 0.3 is 0 Å². The largest absolute Gasteiger partial charge is 0.270 e. The van der Waals surface area contributed by atoms with Gasteiger partial charge in [0.2, 0.25) is 0 Å². The summed E-state index contributed by atoms with van der Waals surface area (Å²) < 4.78 is 2.80. The zero-order chi connectivity index (χ0) is 12.3. The molecule has 0 bridgehead atoms. The molecule has 0 saturated carbocycles. The van der Waals surface area contributed by atoms with E-state index in [0.29, 0.717) is 11.9 Å². The molecule has 0 N–H and O–H groups in total. The second-order valence-corrected chi connectivity index (χ2v) is 4.86. The van der Waals surface area contributed by atoms with Crippen molar-refractivity contribution in [3.05, 3.63) is 40.6 Å². The van der Waals surface area contributed by atoms with Crippen LogP contribution in [0.2, 0.25) is 0 Å². The molecule has 0 aromatic carbocycles. The average molecular weight is 293 g/mol. The van der Waals surface area contributed by atoms with Crippen molar-refractivity contribution in [3.8, 4) is 0 Å². The van der Waals surface area contributed by atoms with Gasteiger partial charge in [-0.2, -0.15) is 5.10 Å². The smallest absolute Gasteiger partial charge is 0.151 e. The van der Waals surface area contributed by atoms with Gasteiger partial charge in [-0.25, -0.2) is 9.97 Å². The molecular formula is C12H13BrN4. The Labute approximate surface area is 109 Å². The highest BCUT2D eigenvalue weighted by Crippen LogP contribution is 2.09. The van der Waals surface area contributed by atoms with E-state index < -0.39 is 0 Å². The molecule has 0 radical (unpaired) electrons. The lowest BCUT2D eigenvalue weighted by Crippen LogP contribution is -1.99. The van der Waals surface area contributed by atoms with Gasteiger partial charge in [-0.15, -0.1) is 0 Å². The van der Waals surface area contributed by atoms with Crippen LogP contribution in [0.15, 0.2) is 29.3 Å². The van der Waals surface area contributed by atoms with E-state index in [9.17, 15) is 0 Å². The molecule has 88 valence electrons. The van der Waals surface area contributed by atoms with E-state index in [2.05, 4.69) is 44.8 Å². The van der Waals surface area contributed by atoms with Crippen LogP contribution in [0.3, 0.4) is 0 Å². The average Bonchev–Trinajstić information content (AvgIpc) is 2.77. The summed E-state index contributed by atoms with van der Waals surface area (Å²) in [6, 6.07) is 0.376. The van der Waals surface area contributed by atoms with Crippen molar-refractivity contribution >= 4 is 28.1 Å². The Hall–Kier alpha value is -1.49. The Morgan fingerprint density at radius 1 is 1.18 bits per heavy atom. The first-order valence-corrected chi connectivity index (χ1v) is 6.14. The van der Waals surface area contributed by atoms with E-state index in [-0.39, 0.29) is 0 Å². The van der Waals surface area contributed by atoms with Crippen molar-refractivity contribution < 1.29 is 0 Å². The number of rotatable bonds is 3. The Balaban J connectivity index is 2.11. The van der Waals surface area contributed by atoms with Gasteiger partial charge in [0.05, 0.1) is 10.7 Å². The molecule has 0 spiro atoms. The van der Waals surface area contributed by atoms with Crippen molar-refractivity contribution in [2.45, 2.75) is 19.9 Å². The third-order valence-electron chi connectivity index (χ3n) is 2.22. The molecule has 0 aliphatic heterocycles. The van der Waals surface area contributed by atoms with E-state index >= 15 is 0 Å². The summed E-state index contributed by atoms with van der Waals surface area (Å²) in [4.78, 5) is 8.33. The molecule has 2 aromatic rings. The monoisotopic (exact) mass is 292 g/mol. The van der Waals surface area contributed by atoms with E-state index in [1.54, 1.807) is 12.4 Å². The summed E-state index contributed by atoms with van der Waals surface area (Å²) in [6.07, 6.45) is 11.1. The van der Waals surface area contributed by atoms with Gasteiger partial charge in [0, 0.05) is 30.2 Å². The highest BCUT2D eigenvalue weighted by molar-refractivity contribution is 9.10. The Morgan fingerprint density at radius 2 is 1.88 bits per heavy atom. The molecule has 0 atom stereocenters. The van der Waals surface area contributed by atoms with Gasteiger partial charge < -0.3 is 0 Å². The molecule has 5 heteroatoms. The third-order valence-corrected chi connectivity index (χ3v) is 2.63. The Kier molecular flexibility index (Phi) is 3.68. The topological polar surface area (TPSA) is 43.6 Å². The lowest BCUT2D eigenvalue weighted by atomic mass is 10.3. The van der Waals surface area contributed by atoms with E-state index in [0.717, 1.165) is 10.0 Å². The molecule has 2 heterocycles. The van der Waals surface area contributed by atoms with Crippen molar-refractivity contribution in [1.29, 1.82) is 0 Å². The predicted octanol–water partition coefficient (Wildman–Crippen LogP) is 3.19. The summed E-state index contributed by atoms with van der Waals surface area (Å²) in [6.45, 7) is 4.19. The van der Waals surface area contributed by atoms with Crippen LogP contribution in [0, 0.1) is 0 Å². The van der Waals surface area contributed by atoms with Crippen LogP contribution in [-0.4, -0.2) is 19.7 Å². The van der Waals surface area contributed by atoms with E-state index in [1.165, 1.54) is 0 Å². The minimum absolute atomic E-state index is 0.376. The minimum atomic E-state index is 0.376. The Bertz CT molecular complexity index is 514. The first-order valence-electron chi connectivity index (χ1n) is 5.35. The van der Waals surface area contributed by atoms with Crippen molar-refractivity contribution in [2.24, 2.45) is 0 Å². The van der Waals surface area contributed by atoms with Gasteiger partial charge in [-0.05, 0) is 41.9 Å². The van der Waals surface area contributed by atoms with Crippen LogP contribution in [0.5, 0.6) is 0 Å². The van der Waals surface area contributed by atoms with Crippen LogP contribution >= 0.6 is 15.9 Å². The quantitative estimate of drug-likeness (QED) is 0.873. The van der Waals surface area contributed by atoms with Gasteiger partial charge in [-0.1, -0.05) is 0 Å². The summed E-state index contributed by atoms with van der Waals surface area (Å²) in [5.74, 6) is 0.686. The van der Waals surface area contributed by atoms with E-state index in [1.807, 2.05) is 29.2 Å². The summed E-state index contributed by atoms with van der Waals surface area (Å²) >= 11 is 3.30.